The predicted octanol–water partition coefficient (Wildman–Crippen LogP) is 4.99. The van der Waals surface area contributed by atoms with Crippen LogP contribution in [0.25, 0.3) is 34.0 Å². The minimum Gasteiger partial charge on any atom is -0.495 e. The van der Waals surface area contributed by atoms with Crippen LogP contribution in [0, 0.1) is 0 Å². The van der Waals surface area contributed by atoms with Crippen LogP contribution in [-0.4, -0.2) is 20.5 Å². The van der Waals surface area contributed by atoms with Crippen molar-refractivity contribution < 1.29 is 17.6 Å². The van der Waals surface area contributed by atoms with Gasteiger partial charge in [0.25, 0.3) is 0 Å². The quantitative estimate of drug-likeness (QED) is 0.472. The van der Waals surface area contributed by atoms with Crippen molar-refractivity contribution in [3.63, 3.8) is 0 Å². The van der Waals surface area contributed by atoms with Crippen LogP contribution in [0.3, 0.4) is 0 Å². The molecule has 30 heavy (non-hydrogen) atoms. The molecule has 1 heterocycles. The van der Waals surface area contributed by atoms with Gasteiger partial charge in [-0.05, 0) is 42.5 Å². The maximum atomic E-state index is 12.2. The van der Waals surface area contributed by atoms with E-state index in [1.807, 2.05) is 30.3 Å². The lowest BCUT2D eigenvalue weighted by molar-refractivity contribution is 0.415. The molecule has 0 unspecified atom stereocenters. The normalized spacial score (nSPS) is 11.4. The third-order valence-corrected chi connectivity index (χ3v) is 5.78. The smallest absolute Gasteiger partial charge is 0.238 e. The molecule has 0 aliphatic heterocycles. The van der Waals surface area contributed by atoms with Gasteiger partial charge in [0.05, 0.1) is 17.0 Å². The lowest BCUT2D eigenvalue weighted by Crippen LogP contribution is -2.13. The van der Waals surface area contributed by atoms with E-state index in [4.69, 9.17) is 25.9 Å². The van der Waals surface area contributed by atoms with E-state index in [0.717, 1.165) is 5.56 Å². The molecule has 0 radical (unpaired) electrons. The first kappa shape index (κ1) is 20.2. The van der Waals surface area contributed by atoms with E-state index < -0.39 is 10.0 Å². The number of ether oxygens (including phenoxy) is 1. The number of hydrogen-bond donors (Lipinski definition) is 1. The number of nitrogens with two attached hydrogens (primary N) is 1. The van der Waals surface area contributed by atoms with Crippen molar-refractivity contribution in [1.82, 2.24) is 4.98 Å². The van der Waals surface area contributed by atoms with Crippen molar-refractivity contribution >= 4 is 21.6 Å². The Morgan fingerprint density at radius 2 is 1.67 bits per heavy atom. The highest BCUT2D eigenvalue weighted by Gasteiger charge is 2.24. The summed E-state index contributed by atoms with van der Waals surface area (Å²) in [6.45, 7) is 0. The van der Waals surface area contributed by atoms with Crippen LogP contribution >= 0.6 is 11.6 Å². The molecule has 1 aromatic heterocycles. The molecule has 8 heteroatoms. The molecule has 4 rings (SSSR count). The fraction of sp³-hybridized carbons (Fsp3) is 0.0455. The first-order valence-corrected chi connectivity index (χ1v) is 10.8. The molecule has 4 aromatic rings. The average molecular weight is 441 g/mol. The molecular formula is C22H17ClN2O4S. The second-order valence-corrected chi connectivity index (χ2v) is 8.39. The van der Waals surface area contributed by atoms with Gasteiger partial charge in [0.2, 0.25) is 15.9 Å². The minimum absolute atomic E-state index is 0.0541. The number of benzene rings is 3. The molecule has 0 amide bonds. The highest BCUT2D eigenvalue weighted by Crippen LogP contribution is 2.40. The maximum Gasteiger partial charge on any atom is 0.238 e. The van der Waals surface area contributed by atoms with Gasteiger partial charge in [0, 0.05) is 16.7 Å². The van der Waals surface area contributed by atoms with E-state index >= 15 is 0 Å². The molecule has 0 saturated heterocycles. The SMILES string of the molecule is COc1ccc(-c2nc(-c3ccccc3)oc2-c2ccccc2S(N)(=O)=O)cc1Cl. The molecule has 0 fully saturated rings. The van der Waals surface area contributed by atoms with Crippen molar-refractivity contribution in [2.24, 2.45) is 5.14 Å². The van der Waals surface area contributed by atoms with E-state index in [-0.39, 0.29) is 10.7 Å². The van der Waals surface area contributed by atoms with Gasteiger partial charge in [-0.3, -0.25) is 0 Å². The second-order valence-electron chi connectivity index (χ2n) is 6.45. The monoisotopic (exact) mass is 440 g/mol. The molecule has 3 aromatic carbocycles. The zero-order chi connectivity index (χ0) is 21.3. The molecule has 0 saturated carbocycles. The Labute approximate surface area is 178 Å². The summed E-state index contributed by atoms with van der Waals surface area (Å²) in [5.74, 6) is 1.13. The van der Waals surface area contributed by atoms with E-state index in [2.05, 4.69) is 4.98 Å². The van der Waals surface area contributed by atoms with Crippen molar-refractivity contribution in [2.75, 3.05) is 7.11 Å². The van der Waals surface area contributed by atoms with Gasteiger partial charge in [-0.1, -0.05) is 41.9 Å². The number of nitrogens with zero attached hydrogens (tertiary/aromatic N) is 1. The fourth-order valence-corrected chi connectivity index (χ4v) is 4.11. The van der Waals surface area contributed by atoms with Gasteiger partial charge in [0.15, 0.2) is 5.76 Å². The Bertz CT molecular complexity index is 1320. The highest BCUT2D eigenvalue weighted by atomic mass is 35.5. The lowest BCUT2D eigenvalue weighted by atomic mass is 10.1. The Kier molecular flexibility index (Phi) is 5.34. The topological polar surface area (TPSA) is 95.4 Å². The molecule has 0 atom stereocenters. The van der Waals surface area contributed by atoms with Gasteiger partial charge < -0.3 is 9.15 Å². The number of oxazole rings is 1. The number of rotatable bonds is 5. The third-order valence-electron chi connectivity index (χ3n) is 4.51. The lowest BCUT2D eigenvalue weighted by Gasteiger charge is -2.08. The van der Waals surface area contributed by atoms with Crippen LogP contribution in [-0.2, 0) is 10.0 Å². The molecule has 152 valence electrons. The Hall–Kier alpha value is -3.13. The van der Waals surface area contributed by atoms with Gasteiger partial charge in [-0.2, -0.15) is 0 Å². The van der Waals surface area contributed by atoms with Crippen molar-refractivity contribution in [2.45, 2.75) is 4.90 Å². The largest absolute Gasteiger partial charge is 0.495 e. The van der Waals surface area contributed by atoms with Crippen molar-refractivity contribution in [3.8, 4) is 39.8 Å². The van der Waals surface area contributed by atoms with E-state index in [9.17, 15) is 8.42 Å². The Morgan fingerprint density at radius 1 is 0.967 bits per heavy atom. The second kappa shape index (κ2) is 7.95. The summed E-state index contributed by atoms with van der Waals surface area (Å²) >= 11 is 6.31. The summed E-state index contributed by atoms with van der Waals surface area (Å²) in [5, 5.41) is 5.83. The molecule has 0 aliphatic carbocycles. The number of hydrogen-bond acceptors (Lipinski definition) is 5. The number of halogens is 1. The van der Waals surface area contributed by atoms with Crippen LogP contribution in [0.1, 0.15) is 0 Å². The Morgan fingerprint density at radius 3 is 2.33 bits per heavy atom. The number of sulfonamides is 1. The van der Waals surface area contributed by atoms with Crippen LogP contribution in [0.15, 0.2) is 82.1 Å². The highest BCUT2D eigenvalue weighted by molar-refractivity contribution is 7.89. The fourth-order valence-electron chi connectivity index (χ4n) is 3.12. The first-order valence-electron chi connectivity index (χ1n) is 8.91. The van der Waals surface area contributed by atoms with Gasteiger partial charge >= 0.3 is 0 Å². The standard InChI is InChI=1S/C22H17ClN2O4S/c1-28-18-12-11-15(13-17(18)23)20-21(16-9-5-6-10-19(16)30(24,26)27)29-22(25-20)14-7-3-2-4-8-14/h2-13H,1H3,(H2,24,26,27). The number of methoxy groups -OCH3 is 1. The molecule has 0 bridgehead atoms. The molecule has 2 N–H and O–H groups in total. The van der Waals surface area contributed by atoms with Gasteiger partial charge in [-0.15, -0.1) is 0 Å². The van der Waals surface area contributed by atoms with Crippen molar-refractivity contribution in [3.05, 3.63) is 77.8 Å². The predicted molar refractivity (Wildman–Crippen MR) is 116 cm³/mol. The molecule has 0 spiro atoms. The van der Waals surface area contributed by atoms with Gasteiger partial charge in [-0.25, -0.2) is 18.5 Å². The molecule has 0 aliphatic rings. The molecule has 6 nitrogen and oxygen atoms in total. The van der Waals surface area contributed by atoms with Crippen LogP contribution < -0.4 is 9.88 Å². The summed E-state index contributed by atoms with van der Waals surface area (Å²) < 4.78 is 35.6. The minimum atomic E-state index is -3.99. The number of aromatic nitrogens is 1. The summed E-state index contributed by atoms with van der Waals surface area (Å²) in [6, 6.07) is 20.9. The average Bonchev–Trinajstić information content (AvgIpc) is 3.19. The van der Waals surface area contributed by atoms with E-state index in [1.165, 1.54) is 13.2 Å². The maximum absolute atomic E-state index is 12.2. The number of primary sulfonamides is 1. The first-order chi connectivity index (χ1) is 14.4. The van der Waals surface area contributed by atoms with Gasteiger partial charge in [0.1, 0.15) is 11.4 Å². The van der Waals surface area contributed by atoms with Crippen LogP contribution in [0.5, 0.6) is 5.75 Å². The molecular weight excluding hydrogens is 424 g/mol. The van der Waals surface area contributed by atoms with E-state index in [0.29, 0.717) is 33.5 Å². The summed E-state index contributed by atoms with van der Waals surface area (Å²) in [6.07, 6.45) is 0. The van der Waals surface area contributed by atoms with E-state index in [1.54, 1.807) is 36.4 Å². The Balaban J connectivity index is 1.99. The zero-order valence-electron chi connectivity index (χ0n) is 15.9. The van der Waals surface area contributed by atoms with Crippen LogP contribution in [0.2, 0.25) is 5.02 Å². The third kappa shape index (κ3) is 3.82. The summed E-state index contributed by atoms with van der Waals surface area (Å²) in [4.78, 5) is 4.59. The van der Waals surface area contributed by atoms with Crippen LogP contribution in [0.4, 0.5) is 0 Å². The summed E-state index contributed by atoms with van der Waals surface area (Å²) in [5.41, 5.74) is 2.15. The summed E-state index contributed by atoms with van der Waals surface area (Å²) in [7, 11) is -2.46. The zero-order valence-corrected chi connectivity index (χ0v) is 17.4. The van der Waals surface area contributed by atoms with Crippen molar-refractivity contribution in [1.29, 1.82) is 0 Å².